The van der Waals surface area contributed by atoms with Crippen LogP contribution in [0.15, 0.2) is 47.4 Å². The first-order valence-electron chi connectivity index (χ1n) is 10.1. The van der Waals surface area contributed by atoms with Crippen LogP contribution in [-0.4, -0.2) is 23.6 Å². The Morgan fingerprint density at radius 3 is 2.69 bits per heavy atom. The summed E-state index contributed by atoms with van der Waals surface area (Å²) in [6.07, 6.45) is 4.61. The van der Waals surface area contributed by atoms with Gasteiger partial charge in [-0.1, -0.05) is 43.5 Å². The van der Waals surface area contributed by atoms with Crippen molar-refractivity contribution in [1.82, 2.24) is 5.32 Å². The van der Waals surface area contributed by atoms with Crippen LogP contribution < -0.4 is 10.2 Å². The van der Waals surface area contributed by atoms with Crippen molar-refractivity contribution in [3.63, 3.8) is 0 Å². The van der Waals surface area contributed by atoms with E-state index >= 15 is 0 Å². The Bertz CT molecular complexity index is 916. The van der Waals surface area contributed by atoms with Crippen LogP contribution >= 0.6 is 23.4 Å². The van der Waals surface area contributed by atoms with Crippen LogP contribution in [0.5, 0.6) is 0 Å². The van der Waals surface area contributed by atoms with Gasteiger partial charge in [0.05, 0.1) is 18.0 Å². The third-order valence-corrected chi connectivity index (χ3v) is 7.15. The monoisotopic (exact) mass is 428 g/mol. The van der Waals surface area contributed by atoms with Crippen molar-refractivity contribution in [3.05, 3.63) is 58.6 Å². The maximum absolute atomic E-state index is 12.9. The normalized spacial score (nSPS) is 21.6. The minimum absolute atomic E-state index is 0.0518. The summed E-state index contributed by atoms with van der Waals surface area (Å²) in [6.45, 7) is 2.68. The van der Waals surface area contributed by atoms with Gasteiger partial charge in [0.1, 0.15) is 0 Å². The van der Waals surface area contributed by atoms with Gasteiger partial charge in [0, 0.05) is 21.5 Å². The van der Waals surface area contributed by atoms with Crippen molar-refractivity contribution in [2.75, 3.05) is 10.7 Å². The molecule has 2 aliphatic rings. The molecule has 1 N–H and O–H groups in total. The number of amides is 2. The summed E-state index contributed by atoms with van der Waals surface area (Å²) in [5.74, 6) is 0.909. The topological polar surface area (TPSA) is 49.4 Å². The van der Waals surface area contributed by atoms with Crippen molar-refractivity contribution < 1.29 is 9.59 Å². The van der Waals surface area contributed by atoms with Crippen LogP contribution in [0.25, 0.3) is 0 Å². The molecule has 1 aliphatic carbocycles. The molecule has 1 saturated carbocycles. The quantitative estimate of drug-likeness (QED) is 0.719. The summed E-state index contributed by atoms with van der Waals surface area (Å²) in [4.78, 5) is 28.3. The van der Waals surface area contributed by atoms with Gasteiger partial charge in [-0.25, -0.2) is 0 Å². The largest absolute Gasteiger partial charge is 0.349 e. The van der Waals surface area contributed by atoms with Gasteiger partial charge in [-0.2, -0.15) is 0 Å². The molecule has 0 saturated heterocycles. The molecular weight excluding hydrogens is 404 g/mol. The molecule has 2 amide bonds. The summed E-state index contributed by atoms with van der Waals surface area (Å²) in [5.41, 5.74) is 2.43. The van der Waals surface area contributed by atoms with Crippen LogP contribution in [0, 0.1) is 5.92 Å². The lowest BCUT2D eigenvalue weighted by Crippen LogP contribution is -2.41. The number of hydrogen-bond acceptors (Lipinski definition) is 3. The molecule has 0 aromatic heterocycles. The lowest BCUT2D eigenvalue weighted by Gasteiger charge is -2.31. The zero-order valence-electron chi connectivity index (χ0n) is 16.5. The summed E-state index contributed by atoms with van der Waals surface area (Å²) in [7, 11) is 0. The van der Waals surface area contributed by atoms with Gasteiger partial charge in [-0.15, -0.1) is 11.8 Å². The smallest absolute Gasteiger partial charge is 0.251 e. The van der Waals surface area contributed by atoms with E-state index in [1.54, 1.807) is 4.90 Å². The molecule has 2 aromatic rings. The Balaban J connectivity index is 1.56. The second kappa shape index (κ2) is 8.80. The van der Waals surface area contributed by atoms with Gasteiger partial charge in [-0.05, 0) is 54.7 Å². The van der Waals surface area contributed by atoms with Crippen LogP contribution in [0.3, 0.4) is 0 Å². The number of anilines is 1. The molecule has 0 radical (unpaired) electrons. The summed E-state index contributed by atoms with van der Waals surface area (Å²) < 4.78 is 0. The van der Waals surface area contributed by atoms with Crippen molar-refractivity contribution in [2.24, 2.45) is 5.92 Å². The number of benzene rings is 2. The fraction of sp³-hybridized carbons (Fsp3) is 0.391. The number of rotatable bonds is 4. The molecule has 2 aromatic carbocycles. The summed E-state index contributed by atoms with van der Waals surface area (Å²) in [6, 6.07) is 13.4. The highest BCUT2D eigenvalue weighted by Gasteiger charge is 2.27. The van der Waals surface area contributed by atoms with Gasteiger partial charge in [-0.3, -0.25) is 9.59 Å². The number of halogens is 1. The Morgan fingerprint density at radius 2 is 1.93 bits per heavy atom. The van der Waals surface area contributed by atoms with Crippen LogP contribution in [0.2, 0.25) is 5.02 Å². The number of nitrogens with one attached hydrogen (secondary N) is 1. The molecule has 2 unspecified atom stereocenters. The molecule has 4 nitrogen and oxygen atoms in total. The molecule has 4 rings (SSSR count). The number of nitrogens with zero attached hydrogens (tertiary/aromatic N) is 1. The Labute approximate surface area is 181 Å². The van der Waals surface area contributed by atoms with Crippen LogP contribution in [0.1, 0.15) is 48.5 Å². The van der Waals surface area contributed by atoms with Crippen molar-refractivity contribution >= 4 is 40.9 Å². The van der Waals surface area contributed by atoms with E-state index in [1.807, 2.05) is 42.5 Å². The predicted molar refractivity (Wildman–Crippen MR) is 119 cm³/mol. The molecule has 0 bridgehead atoms. The average molecular weight is 429 g/mol. The minimum atomic E-state index is -0.0546. The Morgan fingerprint density at radius 1 is 1.17 bits per heavy atom. The Kier molecular flexibility index (Phi) is 6.16. The SMILES string of the molecule is CC1CCCCC1NC(=O)c1ccc2c(c1)N(Cc1ccc(Cl)cc1)C(=O)CS2. The van der Waals surface area contributed by atoms with Crippen molar-refractivity contribution in [1.29, 1.82) is 0 Å². The van der Waals surface area contributed by atoms with E-state index in [2.05, 4.69) is 12.2 Å². The highest BCUT2D eigenvalue weighted by Crippen LogP contribution is 2.37. The first-order chi connectivity index (χ1) is 14.0. The zero-order valence-corrected chi connectivity index (χ0v) is 18.1. The van der Waals surface area contributed by atoms with E-state index in [4.69, 9.17) is 11.6 Å². The number of hydrogen-bond donors (Lipinski definition) is 1. The fourth-order valence-electron chi connectivity index (χ4n) is 4.07. The molecule has 1 heterocycles. The molecule has 1 fully saturated rings. The molecule has 29 heavy (non-hydrogen) atoms. The average Bonchev–Trinajstić information content (AvgIpc) is 2.73. The molecule has 6 heteroatoms. The number of fused-ring (bicyclic) bond motifs is 1. The van der Waals surface area contributed by atoms with E-state index in [0.717, 1.165) is 29.0 Å². The van der Waals surface area contributed by atoms with Crippen molar-refractivity contribution in [3.8, 4) is 0 Å². The number of carbonyl (C=O) groups excluding carboxylic acids is 2. The molecule has 1 aliphatic heterocycles. The molecular formula is C23H25ClN2O2S. The van der Waals surface area contributed by atoms with E-state index in [-0.39, 0.29) is 17.9 Å². The lowest BCUT2D eigenvalue weighted by molar-refractivity contribution is -0.116. The predicted octanol–water partition coefficient (Wildman–Crippen LogP) is 5.29. The molecule has 0 spiro atoms. The highest BCUT2D eigenvalue weighted by molar-refractivity contribution is 8.00. The zero-order chi connectivity index (χ0) is 20.4. The summed E-state index contributed by atoms with van der Waals surface area (Å²) in [5, 5.41) is 3.88. The Hall–Kier alpha value is -1.98. The van der Waals surface area contributed by atoms with E-state index < -0.39 is 0 Å². The third-order valence-electron chi connectivity index (χ3n) is 5.85. The van der Waals surface area contributed by atoms with Gasteiger partial charge in [0.25, 0.3) is 5.91 Å². The fourth-order valence-corrected chi connectivity index (χ4v) is 5.11. The molecule has 2 atom stereocenters. The van der Waals surface area contributed by atoms with Gasteiger partial charge in [0.2, 0.25) is 5.91 Å². The van der Waals surface area contributed by atoms with E-state index in [1.165, 1.54) is 24.6 Å². The summed E-state index contributed by atoms with van der Waals surface area (Å²) >= 11 is 7.51. The first-order valence-corrected chi connectivity index (χ1v) is 11.5. The van der Waals surface area contributed by atoms with Gasteiger partial charge < -0.3 is 10.2 Å². The van der Waals surface area contributed by atoms with E-state index in [9.17, 15) is 9.59 Å². The van der Waals surface area contributed by atoms with Crippen LogP contribution in [0.4, 0.5) is 5.69 Å². The van der Waals surface area contributed by atoms with E-state index in [0.29, 0.717) is 28.8 Å². The third kappa shape index (κ3) is 4.62. The van der Waals surface area contributed by atoms with Gasteiger partial charge in [0.15, 0.2) is 0 Å². The maximum Gasteiger partial charge on any atom is 0.251 e. The highest BCUT2D eigenvalue weighted by atomic mass is 35.5. The minimum Gasteiger partial charge on any atom is -0.349 e. The number of thioether (sulfide) groups is 1. The first kappa shape index (κ1) is 20.3. The van der Waals surface area contributed by atoms with Crippen LogP contribution in [-0.2, 0) is 11.3 Å². The second-order valence-corrected chi connectivity index (χ2v) is 9.37. The second-order valence-electron chi connectivity index (χ2n) is 7.92. The van der Waals surface area contributed by atoms with Gasteiger partial charge >= 0.3 is 0 Å². The standard InChI is InChI=1S/C23H25ClN2O2S/c1-15-4-2-3-5-19(15)25-23(28)17-8-11-21-20(12-17)26(22(27)14-29-21)13-16-6-9-18(24)10-7-16/h6-12,15,19H,2-5,13-14H2,1H3,(H,25,28). The number of carbonyl (C=O) groups is 2. The lowest BCUT2D eigenvalue weighted by atomic mass is 9.86. The maximum atomic E-state index is 12.9. The molecule has 152 valence electrons. The van der Waals surface area contributed by atoms with Crippen molar-refractivity contribution in [2.45, 2.75) is 50.1 Å².